The first-order valence-electron chi connectivity index (χ1n) is 9.65. The Kier molecular flexibility index (Phi) is 6.87. The van der Waals surface area contributed by atoms with Crippen LogP contribution in [-0.2, 0) is 14.3 Å². The summed E-state index contributed by atoms with van der Waals surface area (Å²) in [4.78, 5) is 23.2. The molecule has 0 bridgehead atoms. The fraction of sp³-hybridized carbons (Fsp3) is 0.208. The Balaban J connectivity index is 2.13. The molecule has 0 aliphatic rings. The predicted molar refractivity (Wildman–Crippen MR) is 120 cm³/mol. The lowest BCUT2D eigenvalue weighted by Crippen LogP contribution is -2.18. The topological polar surface area (TPSA) is 73.8 Å². The Morgan fingerprint density at radius 1 is 0.968 bits per heavy atom. The van der Waals surface area contributed by atoms with Crippen molar-refractivity contribution in [3.05, 3.63) is 72.2 Å². The average molecular weight is 419 g/mol. The highest BCUT2D eigenvalue weighted by Crippen LogP contribution is 2.36. The molecular formula is C24H25N3O4. The van der Waals surface area contributed by atoms with Gasteiger partial charge in [-0.25, -0.2) is 9.78 Å². The summed E-state index contributed by atoms with van der Waals surface area (Å²) in [5.74, 6) is 1.24. The monoisotopic (exact) mass is 419 g/mol. The SMILES string of the molecule is COC=C(C(=O)OC)c1c(Oc2cccc(-c3ccccc3)c2)nc(C)nc1N(C)C. The largest absolute Gasteiger partial charge is 0.503 e. The van der Waals surface area contributed by atoms with Gasteiger partial charge in [-0.05, 0) is 30.2 Å². The molecule has 3 rings (SSSR count). The highest BCUT2D eigenvalue weighted by Gasteiger charge is 2.26. The van der Waals surface area contributed by atoms with Crippen molar-refractivity contribution in [2.45, 2.75) is 6.92 Å². The first-order valence-corrected chi connectivity index (χ1v) is 9.65. The Morgan fingerprint density at radius 2 is 1.68 bits per heavy atom. The molecule has 31 heavy (non-hydrogen) atoms. The van der Waals surface area contributed by atoms with Crippen LogP contribution in [0.3, 0.4) is 0 Å². The summed E-state index contributed by atoms with van der Waals surface area (Å²) >= 11 is 0. The van der Waals surface area contributed by atoms with Crippen LogP contribution in [0.2, 0.25) is 0 Å². The van der Waals surface area contributed by atoms with Gasteiger partial charge in [-0.2, -0.15) is 4.98 Å². The van der Waals surface area contributed by atoms with Crippen LogP contribution in [0.1, 0.15) is 11.4 Å². The molecule has 0 fully saturated rings. The third-order valence-electron chi connectivity index (χ3n) is 4.46. The van der Waals surface area contributed by atoms with Crippen LogP contribution in [0.5, 0.6) is 11.6 Å². The highest BCUT2D eigenvalue weighted by molar-refractivity contribution is 6.18. The molecule has 7 heteroatoms. The fourth-order valence-electron chi connectivity index (χ4n) is 3.08. The molecule has 0 unspecified atom stereocenters. The number of methoxy groups -OCH3 is 2. The second-order valence-electron chi connectivity index (χ2n) is 6.92. The lowest BCUT2D eigenvalue weighted by molar-refractivity contribution is -0.133. The van der Waals surface area contributed by atoms with E-state index in [1.165, 1.54) is 20.5 Å². The molecule has 0 saturated carbocycles. The molecular weight excluding hydrogens is 394 g/mol. The summed E-state index contributed by atoms with van der Waals surface area (Å²) in [6, 6.07) is 17.7. The Bertz CT molecular complexity index is 1100. The molecule has 7 nitrogen and oxygen atoms in total. The number of aromatic nitrogens is 2. The third kappa shape index (κ3) is 5.01. The van der Waals surface area contributed by atoms with Crippen LogP contribution >= 0.6 is 0 Å². The zero-order chi connectivity index (χ0) is 22.4. The van der Waals surface area contributed by atoms with Gasteiger partial charge in [0.15, 0.2) is 0 Å². The summed E-state index contributed by atoms with van der Waals surface area (Å²) in [6.07, 6.45) is 1.31. The van der Waals surface area contributed by atoms with Crippen LogP contribution in [0, 0.1) is 6.92 Å². The lowest BCUT2D eigenvalue weighted by atomic mass is 10.1. The predicted octanol–water partition coefficient (Wildman–Crippen LogP) is 4.47. The summed E-state index contributed by atoms with van der Waals surface area (Å²) < 4.78 is 16.3. The minimum atomic E-state index is -0.583. The Labute approximate surface area is 181 Å². The van der Waals surface area contributed by atoms with Crippen molar-refractivity contribution in [3.8, 4) is 22.8 Å². The van der Waals surface area contributed by atoms with Gasteiger partial charge in [0.05, 0.1) is 26.0 Å². The van der Waals surface area contributed by atoms with Gasteiger partial charge in [-0.3, -0.25) is 0 Å². The highest BCUT2D eigenvalue weighted by atomic mass is 16.5. The number of anilines is 1. The first-order chi connectivity index (χ1) is 14.9. The van der Waals surface area contributed by atoms with Gasteiger partial charge in [-0.1, -0.05) is 42.5 Å². The third-order valence-corrected chi connectivity index (χ3v) is 4.46. The first kappa shape index (κ1) is 21.8. The molecule has 0 aliphatic heterocycles. The molecule has 0 amide bonds. The molecule has 0 saturated heterocycles. The molecule has 1 heterocycles. The number of rotatable bonds is 7. The van der Waals surface area contributed by atoms with E-state index >= 15 is 0 Å². The Morgan fingerprint density at radius 3 is 2.32 bits per heavy atom. The molecule has 0 atom stereocenters. The van der Waals surface area contributed by atoms with E-state index in [0.29, 0.717) is 23.0 Å². The van der Waals surface area contributed by atoms with Gasteiger partial charge in [0.1, 0.15) is 23.0 Å². The van der Waals surface area contributed by atoms with Crippen molar-refractivity contribution in [1.29, 1.82) is 0 Å². The smallest absolute Gasteiger partial charge is 0.341 e. The van der Waals surface area contributed by atoms with Gasteiger partial charge in [0, 0.05) is 14.1 Å². The minimum Gasteiger partial charge on any atom is -0.503 e. The minimum absolute atomic E-state index is 0.155. The number of carbonyl (C=O) groups excluding carboxylic acids is 1. The van der Waals surface area contributed by atoms with Crippen molar-refractivity contribution in [3.63, 3.8) is 0 Å². The van der Waals surface area contributed by atoms with E-state index in [0.717, 1.165) is 11.1 Å². The summed E-state index contributed by atoms with van der Waals surface area (Å²) in [7, 11) is 6.41. The number of hydrogen-bond acceptors (Lipinski definition) is 7. The van der Waals surface area contributed by atoms with Crippen molar-refractivity contribution in [2.24, 2.45) is 0 Å². The maximum Gasteiger partial charge on any atom is 0.341 e. The summed E-state index contributed by atoms with van der Waals surface area (Å²) in [6.45, 7) is 1.77. The number of aryl methyl sites for hydroxylation is 1. The quantitative estimate of drug-likeness (QED) is 0.318. The number of carbonyl (C=O) groups is 1. The van der Waals surface area contributed by atoms with E-state index in [9.17, 15) is 4.79 Å². The van der Waals surface area contributed by atoms with E-state index in [1.54, 1.807) is 11.8 Å². The van der Waals surface area contributed by atoms with Gasteiger partial charge < -0.3 is 19.1 Å². The van der Waals surface area contributed by atoms with Crippen molar-refractivity contribution < 1.29 is 19.0 Å². The second kappa shape index (κ2) is 9.75. The molecule has 1 aromatic heterocycles. The molecule has 0 aliphatic carbocycles. The molecule has 3 aromatic rings. The van der Waals surface area contributed by atoms with E-state index in [4.69, 9.17) is 14.2 Å². The van der Waals surface area contributed by atoms with E-state index < -0.39 is 5.97 Å². The van der Waals surface area contributed by atoms with Crippen molar-refractivity contribution in [2.75, 3.05) is 33.2 Å². The van der Waals surface area contributed by atoms with Gasteiger partial charge in [0.25, 0.3) is 0 Å². The van der Waals surface area contributed by atoms with Crippen molar-refractivity contribution in [1.82, 2.24) is 9.97 Å². The number of esters is 1. The van der Waals surface area contributed by atoms with Gasteiger partial charge in [-0.15, -0.1) is 0 Å². The lowest BCUT2D eigenvalue weighted by Gasteiger charge is -2.20. The zero-order valence-electron chi connectivity index (χ0n) is 18.2. The standard InChI is InChI=1S/C24H25N3O4/c1-16-25-22(27(2)3)21(20(15-29-4)24(28)30-5)23(26-16)31-19-13-9-12-18(14-19)17-10-7-6-8-11-17/h6-15H,1-5H3. The van der Waals surface area contributed by atoms with Crippen LogP contribution in [0.15, 0.2) is 60.9 Å². The molecule has 160 valence electrons. The van der Waals surface area contributed by atoms with E-state index in [2.05, 4.69) is 9.97 Å². The number of nitrogens with zero attached hydrogens (tertiary/aromatic N) is 3. The van der Waals surface area contributed by atoms with Crippen LogP contribution in [0.4, 0.5) is 5.82 Å². The summed E-state index contributed by atoms with van der Waals surface area (Å²) in [5.41, 5.74) is 2.60. The maximum atomic E-state index is 12.5. The number of ether oxygens (including phenoxy) is 3. The van der Waals surface area contributed by atoms with Crippen LogP contribution in [-0.4, -0.2) is 44.3 Å². The van der Waals surface area contributed by atoms with Gasteiger partial charge >= 0.3 is 5.97 Å². The van der Waals surface area contributed by atoms with E-state index in [-0.39, 0.29) is 11.5 Å². The normalized spacial score (nSPS) is 11.1. The number of benzene rings is 2. The van der Waals surface area contributed by atoms with Crippen LogP contribution in [0.25, 0.3) is 16.7 Å². The molecule has 2 aromatic carbocycles. The Hall–Kier alpha value is -3.87. The maximum absolute atomic E-state index is 12.5. The molecule has 0 radical (unpaired) electrons. The second-order valence-corrected chi connectivity index (χ2v) is 6.92. The van der Waals surface area contributed by atoms with Crippen LogP contribution < -0.4 is 9.64 Å². The van der Waals surface area contributed by atoms with Crippen molar-refractivity contribution >= 4 is 17.4 Å². The molecule has 0 N–H and O–H groups in total. The average Bonchev–Trinajstić information content (AvgIpc) is 2.78. The molecule has 0 spiro atoms. The van der Waals surface area contributed by atoms with E-state index in [1.807, 2.05) is 68.7 Å². The zero-order valence-corrected chi connectivity index (χ0v) is 18.2. The summed E-state index contributed by atoms with van der Waals surface area (Å²) in [5, 5.41) is 0. The number of hydrogen-bond donors (Lipinski definition) is 0. The van der Waals surface area contributed by atoms with Gasteiger partial charge in [0.2, 0.25) is 5.88 Å². The fourth-order valence-corrected chi connectivity index (χ4v) is 3.08.